The van der Waals surface area contributed by atoms with Crippen LogP contribution in [0.5, 0.6) is 0 Å². The van der Waals surface area contributed by atoms with Crippen LogP contribution in [-0.2, 0) is 14.3 Å². The molecule has 8 heteroatoms. The first-order chi connectivity index (χ1) is 11.6. The van der Waals surface area contributed by atoms with Gasteiger partial charge in [0, 0.05) is 12.5 Å². The monoisotopic (exact) mass is 370 g/mol. The van der Waals surface area contributed by atoms with Crippen LogP contribution in [-0.4, -0.2) is 62.9 Å². The molecule has 1 aliphatic heterocycles. The molecule has 2 amide bonds. The zero-order chi connectivity index (χ0) is 20.2. The lowest BCUT2D eigenvalue weighted by molar-refractivity contribution is -0.153. The average molecular weight is 370 g/mol. The molecule has 0 aromatic heterocycles. The van der Waals surface area contributed by atoms with Gasteiger partial charge < -0.3 is 25.2 Å². The van der Waals surface area contributed by atoms with Gasteiger partial charge in [-0.1, -0.05) is 13.8 Å². The fraction of sp³-hybridized carbons (Fsp3) is 0.833. The number of fused-ring (bicyclic) bond motifs is 1. The van der Waals surface area contributed by atoms with E-state index >= 15 is 0 Å². The number of piperidine rings is 1. The van der Waals surface area contributed by atoms with E-state index < -0.39 is 41.3 Å². The second-order valence-corrected chi connectivity index (χ2v) is 9.46. The minimum atomic E-state index is -1.58. The van der Waals surface area contributed by atoms with Crippen LogP contribution in [0.1, 0.15) is 48.5 Å². The molecular formula is C18H30N2O6. The van der Waals surface area contributed by atoms with Crippen LogP contribution in [0.2, 0.25) is 0 Å². The Labute approximate surface area is 153 Å². The molecule has 4 atom stereocenters. The van der Waals surface area contributed by atoms with Crippen molar-refractivity contribution in [2.75, 3.05) is 6.54 Å². The van der Waals surface area contributed by atoms with Crippen molar-refractivity contribution in [3.8, 4) is 0 Å². The lowest BCUT2D eigenvalue weighted by Crippen LogP contribution is -2.61. The number of aliphatic hydroxyl groups is 1. The summed E-state index contributed by atoms with van der Waals surface area (Å²) >= 11 is 0. The molecule has 0 aromatic carbocycles. The van der Waals surface area contributed by atoms with Gasteiger partial charge in [0.05, 0.1) is 5.60 Å². The quantitative estimate of drug-likeness (QED) is 0.685. The fourth-order valence-corrected chi connectivity index (χ4v) is 3.93. The molecule has 26 heavy (non-hydrogen) atoms. The molecule has 148 valence electrons. The molecule has 0 aromatic rings. The first kappa shape index (κ1) is 20.5. The van der Waals surface area contributed by atoms with Gasteiger partial charge in [0.1, 0.15) is 17.7 Å². The molecule has 1 saturated heterocycles. The Balaban J connectivity index is 2.20. The van der Waals surface area contributed by atoms with Crippen molar-refractivity contribution in [2.45, 2.75) is 71.8 Å². The zero-order valence-electron chi connectivity index (χ0n) is 16.5. The minimum absolute atomic E-state index is 0.108. The van der Waals surface area contributed by atoms with Crippen molar-refractivity contribution in [2.24, 2.45) is 17.3 Å². The summed E-state index contributed by atoms with van der Waals surface area (Å²) in [5, 5.41) is 22.4. The number of likely N-dealkylation sites (tertiary alicyclic amines) is 1. The lowest BCUT2D eigenvalue weighted by atomic mass is 9.95. The summed E-state index contributed by atoms with van der Waals surface area (Å²) in [5.41, 5.74) is -2.47. The van der Waals surface area contributed by atoms with Gasteiger partial charge in [-0.2, -0.15) is 0 Å². The van der Waals surface area contributed by atoms with Gasteiger partial charge in [-0.15, -0.1) is 0 Å². The summed E-state index contributed by atoms with van der Waals surface area (Å²) in [6.07, 6.45) is -0.838. The molecule has 1 saturated carbocycles. The molecule has 2 fully saturated rings. The van der Waals surface area contributed by atoms with Gasteiger partial charge in [0.15, 0.2) is 0 Å². The van der Waals surface area contributed by atoms with Crippen molar-refractivity contribution >= 4 is 18.0 Å². The number of nitrogens with zero attached hydrogens (tertiary/aromatic N) is 1. The van der Waals surface area contributed by atoms with Gasteiger partial charge in [-0.05, 0) is 46.0 Å². The standard InChI is InChI=1S/C18H30N2O6/c1-16(2,3)26-15(24)19-12(18(6,7)25)13(21)20-8-9-10(17(9,4)5)11(20)14(22)23/h9-12,25H,8H2,1-7H3,(H,19,24)(H,22,23)/t9-,10-,11-,12?/m0/s1. The van der Waals surface area contributed by atoms with E-state index in [1.165, 1.54) is 18.7 Å². The SMILES string of the molecule is CC(C)(C)OC(=O)NC(C(=O)N1C[C@H]2[C@@H]([C@H]1C(=O)O)C2(C)C)C(C)(C)O. The third-order valence-corrected chi connectivity index (χ3v) is 5.36. The summed E-state index contributed by atoms with van der Waals surface area (Å²) in [6.45, 7) is 12.1. The Morgan fingerprint density at radius 3 is 2.15 bits per heavy atom. The van der Waals surface area contributed by atoms with Crippen molar-refractivity contribution in [1.82, 2.24) is 10.2 Å². The van der Waals surface area contributed by atoms with Crippen molar-refractivity contribution in [3.05, 3.63) is 0 Å². The molecule has 0 bridgehead atoms. The maximum atomic E-state index is 13.0. The third kappa shape index (κ3) is 3.79. The molecule has 0 radical (unpaired) electrons. The average Bonchev–Trinajstić information content (AvgIpc) is 2.81. The number of carboxylic acids is 1. The Kier molecular flexibility index (Phi) is 4.81. The molecule has 2 rings (SSSR count). The van der Waals surface area contributed by atoms with Crippen LogP contribution in [0.15, 0.2) is 0 Å². The van der Waals surface area contributed by atoms with Crippen LogP contribution in [0.25, 0.3) is 0 Å². The zero-order valence-corrected chi connectivity index (χ0v) is 16.5. The summed E-state index contributed by atoms with van der Waals surface area (Å²) < 4.78 is 5.17. The number of rotatable bonds is 4. The Morgan fingerprint density at radius 2 is 1.73 bits per heavy atom. The molecule has 3 N–H and O–H groups in total. The normalized spacial score (nSPS) is 28.2. The molecule has 8 nitrogen and oxygen atoms in total. The summed E-state index contributed by atoms with van der Waals surface area (Å²) in [4.78, 5) is 38.1. The topological polar surface area (TPSA) is 116 Å². The highest BCUT2D eigenvalue weighted by molar-refractivity contribution is 5.91. The number of amides is 2. The number of nitrogens with one attached hydrogen (secondary N) is 1. The van der Waals surface area contributed by atoms with Crippen molar-refractivity contribution < 1.29 is 29.3 Å². The van der Waals surface area contributed by atoms with Gasteiger partial charge in [-0.3, -0.25) is 4.79 Å². The molecule has 1 unspecified atom stereocenters. The number of hydrogen-bond acceptors (Lipinski definition) is 5. The van der Waals surface area contributed by atoms with Crippen LogP contribution >= 0.6 is 0 Å². The Bertz CT molecular complexity index is 616. The molecular weight excluding hydrogens is 340 g/mol. The van der Waals surface area contributed by atoms with Crippen LogP contribution < -0.4 is 5.32 Å². The molecule has 0 spiro atoms. The minimum Gasteiger partial charge on any atom is -0.480 e. The van der Waals surface area contributed by atoms with E-state index in [9.17, 15) is 24.6 Å². The second-order valence-electron chi connectivity index (χ2n) is 9.46. The molecule has 2 aliphatic rings. The third-order valence-electron chi connectivity index (χ3n) is 5.36. The number of hydrogen-bond donors (Lipinski definition) is 3. The number of carbonyl (C=O) groups excluding carboxylic acids is 2. The highest BCUT2D eigenvalue weighted by Crippen LogP contribution is 2.64. The van der Waals surface area contributed by atoms with E-state index in [1.807, 2.05) is 13.8 Å². The maximum Gasteiger partial charge on any atom is 0.408 e. The van der Waals surface area contributed by atoms with Crippen LogP contribution in [0.4, 0.5) is 4.79 Å². The first-order valence-corrected chi connectivity index (χ1v) is 8.82. The Hall–Kier alpha value is -1.83. The number of carbonyl (C=O) groups is 3. The van der Waals surface area contributed by atoms with Crippen molar-refractivity contribution in [3.63, 3.8) is 0 Å². The smallest absolute Gasteiger partial charge is 0.408 e. The lowest BCUT2D eigenvalue weighted by Gasteiger charge is -2.36. The van der Waals surface area contributed by atoms with Gasteiger partial charge in [0.2, 0.25) is 5.91 Å². The number of aliphatic carboxylic acids is 1. The van der Waals surface area contributed by atoms with E-state index in [0.29, 0.717) is 6.54 Å². The van der Waals surface area contributed by atoms with E-state index in [1.54, 1.807) is 20.8 Å². The van der Waals surface area contributed by atoms with Crippen molar-refractivity contribution in [1.29, 1.82) is 0 Å². The number of alkyl carbamates (subject to hydrolysis) is 1. The fourth-order valence-electron chi connectivity index (χ4n) is 3.93. The highest BCUT2D eigenvalue weighted by atomic mass is 16.6. The summed E-state index contributed by atoms with van der Waals surface area (Å²) in [6, 6.07) is -2.26. The van der Waals surface area contributed by atoms with Crippen LogP contribution in [0.3, 0.4) is 0 Å². The van der Waals surface area contributed by atoms with E-state index in [2.05, 4.69) is 5.32 Å². The van der Waals surface area contributed by atoms with E-state index in [0.717, 1.165) is 0 Å². The second kappa shape index (κ2) is 6.11. The summed E-state index contributed by atoms with van der Waals surface area (Å²) in [5.74, 6) is -1.69. The largest absolute Gasteiger partial charge is 0.480 e. The first-order valence-electron chi connectivity index (χ1n) is 8.82. The van der Waals surface area contributed by atoms with Gasteiger partial charge in [0.25, 0.3) is 0 Å². The van der Waals surface area contributed by atoms with Crippen LogP contribution in [0, 0.1) is 17.3 Å². The highest BCUT2D eigenvalue weighted by Gasteiger charge is 2.70. The maximum absolute atomic E-state index is 13.0. The Morgan fingerprint density at radius 1 is 1.19 bits per heavy atom. The number of ether oxygens (including phenoxy) is 1. The van der Waals surface area contributed by atoms with E-state index in [4.69, 9.17) is 4.74 Å². The predicted molar refractivity (Wildman–Crippen MR) is 93.4 cm³/mol. The number of carboxylic acid groups (broad SMARTS) is 1. The molecule has 1 heterocycles. The van der Waals surface area contributed by atoms with Gasteiger partial charge >= 0.3 is 12.1 Å². The predicted octanol–water partition coefficient (Wildman–Crippen LogP) is 1.22. The van der Waals surface area contributed by atoms with Gasteiger partial charge in [-0.25, -0.2) is 9.59 Å². The summed E-state index contributed by atoms with van der Waals surface area (Å²) in [7, 11) is 0. The van der Waals surface area contributed by atoms with E-state index in [-0.39, 0.29) is 17.3 Å². The molecule has 1 aliphatic carbocycles.